The summed E-state index contributed by atoms with van der Waals surface area (Å²) in [5, 5.41) is 3.57. The maximum Gasteiger partial charge on any atom is 0.327 e. The second-order valence-electron chi connectivity index (χ2n) is 10.0. The number of hydrogen-bond donors (Lipinski definition) is 1. The molecule has 5 heteroatoms. The molecule has 3 aliphatic rings. The van der Waals surface area contributed by atoms with E-state index in [1.54, 1.807) is 0 Å². The van der Waals surface area contributed by atoms with Crippen molar-refractivity contribution in [3.05, 3.63) is 108 Å². The highest BCUT2D eigenvalue weighted by atomic mass is 16.6. The molecular weight excluding hydrogens is 434 g/mol. The molecule has 3 saturated heterocycles. The van der Waals surface area contributed by atoms with Gasteiger partial charge in [0.1, 0.15) is 6.04 Å². The van der Waals surface area contributed by atoms with Gasteiger partial charge in [-0.15, -0.1) is 0 Å². The molecular formula is C30H33N3O2. The second kappa shape index (κ2) is 9.57. The molecule has 2 unspecified atom stereocenters. The van der Waals surface area contributed by atoms with Crippen LogP contribution in [0.1, 0.15) is 29.5 Å². The van der Waals surface area contributed by atoms with Crippen molar-refractivity contribution in [2.24, 2.45) is 5.92 Å². The lowest BCUT2D eigenvalue weighted by Gasteiger charge is -2.49. The van der Waals surface area contributed by atoms with E-state index >= 15 is 0 Å². The van der Waals surface area contributed by atoms with Gasteiger partial charge in [-0.05, 0) is 37.4 Å². The Kier molecular flexibility index (Phi) is 6.15. The van der Waals surface area contributed by atoms with E-state index in [-0.39, 0.29) is 18.1 Å². The highest BCUT2D eigenvalue weighted by Gasteiger charge is 2.60. The fraction of sp³-hybridized carbons (Fsp3) is 0.367. The zero-order valence-corrected chi connectivity index (χ0v) is 20.1. The lowest BCUT2D eigenvalue weighted by molar-refractivity contribution is -0.151. The van der Waals surface area contributed by atoms with Gasteiger partial charge in [-0.3, -0.25) is 9.69 Å². The number of carbonyl (C=O) groups is 1. The van der Waals surface area contributed by atoms with E-state index in [0.29, 0.717) is 12.5 Å². The molecule has 35 heavy (non-hydrogen) atoms. The standard InChI is InChI=1S/C30H33N3O2/c34-29-28-21-31-20-27(24-16-18-32(19-17-24)22-23-10-4-1-5-11-23)33(28)30(35-29,25-12-6-2-7-13-25)26-14-8-3-9-15-26/h1-15,24,27-28,31H,16-22H2. The predicted molar refractivity (Wildman–Crippen MR) is 136 cm³/mol. The first-order chi connectivity index (χ1) is 17.3. The number of cyclic esters (lactones) is 1. The Balaban J connectivity index is 1.31. The number of hydrogen-bond acceptors (Lipinski definition) is 5. The summed E-state index contributed by atoms with van der Waals surface area (Å²) in [7, 11) is 0. The van der Waals surface area contributed by atoms with Crippen molar-refractivity contribution in [1.82, 2.24) is 15.1 Å². The van der Waals surface area contributed by atoms with Gasteiger partial charge >= 0.3 is 5.97 Å². The van der Waals surface area contributed by atoms with Crippen molar-refractivity contribution in [1.29, 1.82) is 0 Å². The average molecular weight is 468 g/mol. The summed E-state index contributed by atoms with van der Waals surface area (Å²) in [5.74, 6) is 0.370. The average Bonchev–Trinajstić information content (AvgIpc) is 3.24. The molecule has 3 heterocycles. The second-order valence-corrected chi connectivity index (χ2v) is 10.0. The van der Waals surface area contributed by atoms with Gasteiger partial charge < -0.3 is 10.1 Å². The van der Waals surface area contributed by atoms with E-state index in [2.05, 4.69) is 69.7 Å². The molecule has 3 aromatic carbocycles. The van der Waals surface area contributed by atoms with Gasteiger partial charge in [-0.2, -0.15) is 0 Å². The van der Waals surface area contributed by atoms with Gasteiger partial charge in [0, 0.05) is 36.8 Å². The maximum atomic E-state index is 13.3. The molecule has 0 saturated carbocycles. The minimum atomic E-state index is -0.891. The molecule has 2 atom stereocenters. The number of ether oxygens (including phenoxy) is 1. The molecule has 180 valence electrons. The third kappa shape index (κ3) is 4.08. The summed E-state index contributed by atoms with van der Waals surface area (Å²) in [4.78, 5) is 18.3. The number of rotatable bonds is 5. The van der Waals surface area contributed by atoms with Gasteiger partial charge in [0.2, 0.25) is 5.72 Å². The number of esters is 1. The Morgan fingerprint density at radius 3 is 1.97 bits per heavy atom. The van der Waals surface area contributed by atoms with Crippen LogP contribution in [-0.2, 0) is 21.8 Å². The molecule has 0 bridgehead atoms. The first-order valence-corrected chi connectivity index (χ1v) is 12.8. The monoisotopic (exact) mass is 467 g/mol. The smallest absolute Gasteiger partial charge is 0.327 e. The van der Waals surface area contributed by atoms with E-state index < -0.39 is 5.72 Å². The Morgan fingerprint density at radius 1 is 0.800 bits per heavy atom. The SMILES string of the molecule is O=C1OC(c2ccccc2)(c2ccccc2)N2C1CNCC2C1CCN(Cc2ccccc2)CC1. The maximum absolute atomic E-state index is 13.3. The summed E-state index contributed by atoms with van der Waals surface area (Å²) in [5.41, 5.74) is 2.53. The molecule has 0 aromatic heterocycles. The lowest BCUT2D eigenvalue weighted by Crippen LogP contribution is -2.64. The van der Waals surface area contributed by atoms with E-state index in [1.807, 2.05) is 36.4 Å². The number of nitrogens with zero attached hydrogens (tertiary/aromatic N) is 2. The zero-order valence-electron chi connectivity index (χ0n) is 20.1. The number of fused-ring (bicyclic) bond motifs is 1. The normalized spacial score (nSPS) is 25.2. The first kappa shape index (κ1) is 22.5. The highest BCUT2D eigenvalue weighted by molar-refractivity contribution is 5.80. The van der Waals surface area contributed by atoms with Crippen molar-refractivity contribution in [3.8, 4) is 0 Å². The Hall–Kier alpha value is -2.99. The van der Waals surface area contributed by atoms with Crippen LogP contribution in [0, 0.1) is 5.92 Å². The molecule has 3 aromatic rings. The van der Waals surface area contributed by atoms with Gasteiger partial charge in [0.05, 0.1) is 0 Å². The molecule has 0 aliphatic carbocycles. The first-order valence-electron chi connectivity index (χ1n) is 12.8. The summed E-state index contributed by atoms with van der Waals surface area (Å²) in [6.07, 6.45) is 2.24. The predicted octanol–water partition coefficient (Wildman–Crippen LogP) is 4.00. The zero-order chi connectivity index (χ0) is 23.7. The quantitative estimate of drug-likeness (QED) is 0.575. The van der Waals surface area contributed by atoms with Crippen LogP contribution in [0.3, 0.4) is 0 Å². The molecule has 5 nitrogen and oxygen atoms in total. The Morgan fingerprint density at radius 2 is 1.37 bits per heavy atom. The van der Waals surface area contributed by atoms with E-state index in [4.69, 9.17) is 4.74 Å². The lowest BCUT2D eigenvalue weighted by atomic mass is 9.82. The van der Waals surface area contributed by atoms with Crippen molar-refractivity contribution < 1.29 is 9.53 Å². The van der Waals surface area contributed by atoms with Gasteiger partial charge in [0.15, 0.2) is 0 Å². The highest BCUT2D eigenvalue weighted by Crippen LogP contribution is 2.47. The summed E-state index contributed by atoms with van der Waals surface area (Å²) < 4.78 is 6.43. The molecule has 6 rings (SSSR count). The minimum Gasteiger partial charge on any atom is -0.434 e. The van der Waals surface area contributed by atoms with Gasteiger partial charge in [-0.25, -0.2) is 4.90 Å². The third-order valence-electron chi connectivity index (χ3n) is 8.02. The fourth-order valence-corrected chi connectivity index (χ4v) is 6.35. The fourth-order valence-electron chi connectivity index (χ4n) is 6.35. The van der Waals surface area contributed by atoms with Crippen LogP contribution in [0.5, 0.6) is 0 Å². The number of carbonyl (C=O) groups excluding carboxylic acids is 1. The van der Waals surface area contributed by atoms with Crippen molar-refractivity contribution in [2.45, 2.75) is 37.2 Å². The van der Waals surface area contributed by atoms with Crippen LogP contribution in [0.25, 0.3) is 0 Å². The number of likely N-dealkylation sites (tertiary alicyclic amines) is 1. The van der Waals surface area contributed by atoms with E-state index in [9.17, 15) is 4.79 Å². The molecule has 0 spiro atoms. The van der Waals surface area contributed by atoms with Gasteiger partial charge in [-0.1, -0.05) is 91.0 Å². The van der Waals surface area contributed by atoms with Crippen LogP contribution in [0.15, 0.2) is 91.0 Å². The van der Waals surface area contributed by atoms with Crippen molar-refractivity contribution in [3.63, 3.8) is 0 Å². The molecule has 0 amide bonds. The van der Waals surface area contributed by atoms with Crippen LogP contribution in [0.2, 0.25) is 0 Å². The molecule has 3 aliphatic heterocycles. The van der Waals surface area contributed by atoms with Crippen molar-refractivity contribution >= 4 is 5.97 Å². The van der Waals surface area contributed by atoms with Crippen LogP contribution in [0.4, 0.5) is 0 Å². The van der Waals surface area contributed by atoms with E-state index in [1.165, 1.54) is 5.56 Å². The van der Waals surface area contributed by atoms with E-state index in [0.717, 1.165) is 50.1 Å². The number of piperidine rings is 1. The van der Waals surface area contributed by atoms with Crippen LogP contribution < -0.4 is 5.32 Å². The Labute approximate surface area is 207 Å². The summed E-state index contributed by atoms with van der Waals surface area (Å²) in [6, 6.07) is 31.3. The van der Waals surface area contributed by atoms with Gasteiger partial charge in [0.25, 0.3) is 0 Å². The van der Waals surface area contributed by atoms with Crippen LogP contribution in [-0.4, -0.2) is 54.0 Å². The minimum absolute atomic E-state index is 0.128. The largest absolute Gasteiger partial charge is 0.434 e. The van der Waals surface area contributed by atoms with Crippen LogP contribution >= 0.6 is 0 Å². The number of piperazine rings is 1. The number of nitrogens with one attached hydrogen (secondary N) is 1. The molecule has 1 N–H and O–H groups in total. The summed E-state index contributed by atoms with van der Waals surface area (Å²) in [6.45, 7) is 4.66. The molecule has 0 radical (unpaired) electrons. The third-order valence-corrected chi connectivity index (χ3v) is 8.02. The topological polar surface area (TPSA) is 44.8 Å². The molecule has 3 fully saturated rings. The Bertz CT molecular complexity index is 1090. The van der Waals surface area contributed by atoms with Crippen molar-refractivity contribution in [2.75, 3.05) is 26.2 Å². The number of benzene rings is 3. The summed E-state index contributed by atoms with van der Waals surface area (Å²) >= 11 is 0.